The number of carbonyl (C=O) groups is 1. The molecule has 1 aliphatic carbocycles. The zero-order valence-electron chi connectivity index (χ0n) is 8.10. The average molecular weight is 195 g/mol. The summed E-state index contributed by atoms with van der Waals surface area (Å²) in [5.74, 6) is -0.979. The van der Waals surface area contributed by atoms with Crippen molar-refractivity contribution in [1.82, 2.24) is 15.0 Å². The monoisotopic (exact) mass is 195 g/mol. The molecule has 0 aromatic carbocycles. The molecule has 0 saturated heterocycles. The molecule has 0 amide bonds. The van der Waals surface area contributed by atoms with Crippen molar-refractivity contribution in [3.8, 4) is 0 Å². The van der Waals surface area contributed by atoms with E-state index in [1.165, 1.54) is 6.42 Å². The second kappa shape index (κ2) is 3.40. The van der Waals surface area contributed by atoms with Crippen molar-refractivity contribution < 1.29 is 9.90 Å². The van der Waals surface area contributed by atoms with Crippen LogP contribution in [-0.4, -0.2) is 26.1 Å². The van der Waals surface area contributed by atoms with Crippen LogP contribution in [0.2, 0.25) is 0 Å². The van der Waals surface area contributed by atoms with Gasteiger partial charge >= 0.3 is 5.97 Å². The number of hydrogen-bond acceptors (Lipinski definition) is 3. The standard InChI is InChI=1S/C9H13N3O2/c1-2-7-8(9(13)14)10-11-12(7)6-4-3-5-6/h6H,2-5H2,1H3,(H,13,14). The minimum atomic E-state index is -0.979. The normalized spacial score (nSPS) is 16.6. The third-order valence-corrected chi connectivity index (χ3v) is 2.75. The van der Waals surface area contributed by atoms with E-state index in [2.05, 4.69) is 10.3 Å². The topological polar surface area (TPSA) is 68.0 Å². The summed E-state index contributed by atoms with van der Waals surface area (Å²) in [4.78, 5) is 10.8. The Labute approximate surface area is 81.7 Å². The van der Waals surface area contributed by atoms with E-state index >= 15 is 0 Å². The molecule has 5 nitrogen and oxygen atoms in total. The van der Waals surface area contributed by atoms with Gasteiger partial charge < -0.3 is 5.11 Å². The summed E-state index contributed by atoms with van der Waals surface area (Å²) < 4.78 is 1.78. The minimum Gasteiger partial charge on any atom is -0.476 e. The third kappa shape index (κ3) is 1.29. The fourth-order valence-corrected chi connectivity index (χ4v) is 1.73. The van der Waals surface area contributed by atoms with Crippen LogP contribution in [0.5, 0.6) is 0 Å². The van der Waals surface area contributed by atoms with E-state index < -0.39 is 5.97 Å². The second-order valence-corrected chi connectivity index (χ2v) is 3.57. The molecule has 0 atom stereocenters. The van der Waals surface area contributed by atoms with Gasteiger partial charge in [0.05, 0.1) is 11.7 Å². The van der Waals surface area contributed by atoms with Gasteiger partial charge in [-0.2, -0.15) is 0 Å². The quantitative estimate of drug-likeness (QED) is 0.788. The Morgan fingerprint density at radius 3 is 2.79 bits per heavy atom. The van der Waals surface area contributed by atoms with E-state index in [0.29, 0.717) is 12.5 Å². The lowest BCUT2D eigenvalue weighted by Crippen LogP contribution is -2.20. The highest BCUT2D eigenvalue weighted by Crippen LogP contribution is 2.32. The summed E-state index contributed by atoms with van der Waals surface area (Å²) in [7, 11) is 0. The summed E-state index contributed by atoms with van der Waals surface area (Å²) in [5, 5.41) is 16.5. The lowest BCUT2D eigenvalue weighted by Gasteiger charge is -2.26. The van der Waals surface area contributed by atoms with Crippen LogP contribution < -0.4 is 0 Å². The van der Waals surface area contributed by atoms with Gasteiger partial charge in [0, 0.05) is 0 Å². The molecule has 0 unspecified atom stereocenters. The van der Waals surface area contributed by atoms with E-state index in [4.69, 9.17) is 5.11 Å². The summed E-state index contributed by atoms with van der Waals surface area (Å²) >= 11 is 0. The van der Waals surface area contributed by atoms with Crippen molar-refractivity contribution >= 4 is 5.97 Å². The molecular weight excluding hydrogens is 182 g/mol. The molecule has 1 aromatic rings. The van der Waals surface area contributed by atoms with Gasteiger partial charge in [0.25, 0.3) is 0 Å². The maximum Gasteiger partial charge on any atom is 0.358 e. The fourth-order valence-electron chi connectivity index (χ4n) is 1.73. The molecule has 0 radical (unpaired) electrons. The molecular formula is C9H13N3O2. The zero-order valence-corrected chi connectivity index (χ0v) is 8.10. The first-order chi connectivity index (χ1) is 6.74. The Bertz CT molecular complexity index is 355. The van der Waals surface area contributed by atoms with E-state index in [0.717, 1.165) is 18.5 Å². The highest BCUT2D eigenvalue weighted by Gasteiger charge is 2.26. The van der Waals surface area contributed by atoms with Gasteiger partial charge in [0.1, 0.15) is 0 Å². The van der Waals surface area contributed by atoms with Crippen LogP contribution in [0.25, 0.3) is 0 Å². The number of aromatic nitrogens is 3. The highest BCUT2D eigenvalue weighted by molar-refractivity contribution is 5.86. The van der Waals surface area contributed by atoms with Crippen LogP contribution >= 0.6 is 0 Å². The predicted molar refractivity (Wildman–Crippen MR) is 49.2 cm³/mol. The SMILES string of the molecule is CCc1c(C(=O)O)nnn1C1CCC1. The molecule has 76 valence electrons. The Morgan fingerprint density at radius 2 is 2.36 bits per heavy atom. The Hall–Kier alpha value is -1.39. The van der Waals surface area contributed by atoms with Crippen LogP contribution in [0.3, 0.4) is 0 Å². The summed E-state index contributed by atoms with van der Waals surface area (Å²) in [5.41, 5.74) is 0.863. The second-order valence-electron chi connectivity index (χ2n) is 3.57. The van der Waals surface area contributed by atoms with Gasteiger partial charge in [-0.3, -0.25) is 0 Å². The maximum atomic E-state index is 10.8. The molecule has 5 heteroatoms. The molecule has 1 saturated carbocycles. The molecule has 1 aliphatic rings. The van der Waals surface area contributed by atoms with Gasteiger partial charge in [-0.05, 0) is 25.7 Å². The van der Waals surface area contributed by atoms with E-state index in [-0.39, 0.29) is 5.69 Å². The maximum absolute atomic E-state index is 10.8. The molecule has 2 rings (SSSR count). The van der Waals surface area contributed by atoms with Crippen molar-refractivity contribution in [2.45, 2.75) is 38.6 Å². The Morgan fingerprint density at radius 1 is 1.64 bits per heavy atom. The Kier molecular flexibility index (Phi) is 2.23. The number of carboxylic acid groups (broad SMARTS) is 1. The number of aromatic carboxylic acids is 1. The van der Waals surface area contributed by atoms with Crippen LogP contribution in [0.15, 0.2) is 0 Å². The highest BCUT2D eigenvalue weighted by atomic mass is 16.4. The third-order valence-electron chi connectivity index (χ3n) is 2.75. The van der Waals surface area contributed by atoms with Crippen molar-refractivity contribution in [3.05, 3.63) is 11.4 Å². The van der Waals surface area contributed by atoms with Crippen LogP contribution in [0.4, 0.5) is 0 Å². The minimum absolute atomic E-state index is 0.111. The predicted octanol–water partition coefficient (Wildman–Crippen LogP) is 1.26. The van der Waals surface area contributed by atoms with Crippen molar-refractivity contribution in [3.63, 3.8) is 0 Å². The van der Waals surface area contributed by atoms with Crippen molar-refractivity contribution in [1.29, 1.82) is 0 Å². The van der Waals surface area contributed by atoms with Crippen LogP contribution in [0, 0.1) is 0 Å². The lowest BCUT2D eigenvalue weighted by molar-refractivity contribution is 0.0689. The zero-order chi connectivity index (χ0) is 10.1. The van der Waals surface area contributed by atoms with Gasteiger partial charge in [0.2, 0.25) is 0 Å². The summed E-state index contributed by atoms with van der Waals surface area (Å²) in [6.45, 7) is 1.93. The first-order valence-electron chi connectivity index (χ1n) is 4.91. The van der Waals surface area contributed by atoms with Gasteiger partial charge in [-0.25, -0.2) is 9.48 Å². The summed E-state index contributed by atoms with van der Waals surface area (Å²) in [6.07, 6.45) is 4.06. The molecule has 1 fully saturated rings. The molecule has 0 bridgehead atoms. The fraction of sp³-hybridized carbons (Fsp3) is 0.667. The van der Waals surface area contributed by atoms with E-state index in [1.807, 2.05) is 6.92 Å². The molecule has 14 heavy (non-hydrogen) atoms. The number of nitrogens with zero attached hydrogens (tertiary/aromatic N) is 3. The molecule has 1 heterocycles. The first-order valence-corrected chi connectivity index (χ1v) is 4.91. The molecule has 1 N–H and O–H groups in total. The first kappa shape index (κ1) is 9.18. The van der Waals surface area contributed by atoms with Crippen molar-refractivity contribution in [2.75, 3.05) is 0 Å². The number of hydrogen-bond donors (Lipinski definition) is 1. The van der Waals surface area contributed by atoms with E-state index in [9.17, 15) is 4.79 Å². The lowest BCUT2D eigenvalue weighted by atomic mass is 9.93. The van der Waals surface area contributed by atoms with Gasteiger partial charge in [0.15, 0.2) is 5.69 Å². The summed E-state index contributed by atoms with van der Waals surface area (Å²) in [6, 6.07) is 0.380. The van der Waals surface area contributed by atoms with Gasteiger partial charge in [-0.1, -0.05) is 12.1 Å². The van der Waals surface area contributed by atoms with E-state index in [1.54, 1.807) is 4.68 Å². The molecule has 0 spiro atoms. The largest absolute Gasteiger partial charge is 0.476 e. The van der Waals surface area contributed by atoms with Crippen LogP contribution in [-0.2, 0) is 6.42 Å². The number of rotatable bonds is 3. The van der Waals surface area contributed by atoms with Crippen molar-refractivity contribution in [2.24, 2.45) is 0 Å². The Balaban J connectivity index is 2.35. The van der Waals surface area contributed by atoms with Crippen LogP contribution in [0.1, 0.15) is 48.4 Å². The number of carboxylic acids is 1. The average Bonchev–Trinajstić information content (AvgIpc) is 2.44. The molecule has 0 aliphatic heterocycles. The van der Waals surface area contributed by atoms with Gasteiger partial charge in [-0.15, -0.1) is 5.10 Å². The molecule has 1 aromatic heterocycles. The smallest absolute Gasteiger partial charge is 0.358 e.